The Hall–Kier alpha value is -1.26. The molecule has 0 radical (unpaired) electrons. The van der Waals surface area contributed by atoms with Gasteiger partial charge in [-0.1, -0.05) is 39.0 Å². The maximum atomic E-state index is 4.74. The van der Waals surface area contributed by atoms with Gasteiger partial charge in [0.25, 0.3) is 0 Å². The fourth-order valence-corrected chi connectivity index (χ4v) is 3.14. The van der Waals surface area contributed by atoms with E-state index in [0.717, 1.165) is 24.5 Å². The van der Waals surface area contributed by atoms with Gasteiger partial charge in [0.05, 0.1) is 11.4 Å². The van der Waals surface area contributed by atoms with E-state index in [1.807, 2.05) is 17.8 Å². The molecule has 0 atom stereocenters. The largest absolute Gasteiger partial charge is 0.313 e. The van der Waals surface area contributed by atoms with Crippen LogP contribution in [-0.2, 0) is 6.54 Å². The molecule has 1 aromatic carbocycles. The second-order valence-electron chi connectivity index (χ2n) is 5.06. The summed E-state index contributed by atoms with van der Waals surface area (Å²) in [6, 6.07) is 10.4. The van der Waals surface area contributed by atoms with Crippen molar-refractivity contribution < 1.29 is 0 Å². The van der Waals surface area contributed by atoms with E-state index in [4.69, 9.17) is 5.10 Å². The zero-order valence-corrected chi connectivity index (χ0v) is 13.5. The Morgan fingerprint density at radius 2 is 1.95 bits per heavy atom. The summed E-state index contributed by atoms with van der Waals surface area (Å²) in [4.78, 5) is 0. The molecule has 0 fully saturated rings. The van der Waals surface area contributed by atoms with Gasteiger partial charge in [0.1, 0.15) is 5.03 Å². The fraction of sp³-hybridized carbons (Fsp3) is 0.438. The van der Waals surface area contributed by atoms with Crippen LogP contribution in [0, 0.1) is 6.92 Å². The minimum Gasteiger partial charge on any atom is -0.313 e. The number of benzene rings is 1. The number of aromatic nitrogens is 2. The van der Waals surface area contributed by atoms with E-state index in [-0.39, 0.29) is 0 Å². The molecule has 0 saturated heterocycles. The number of aryl methyl sites for hydroxylation is 1. The summed E-state index contributed by atoms with van der Waals surface area (Å²) >= 11 is 1.88. The maximum absolute atomic E-state index is 4.74. The van der Waals surface area contributed by atoms with Gasteiger partial charge >= 0.3 is 0 Å². The number of thioether (sulfide) groups is 1. The normalized spacial score (nSPS) is 11.2. The van der Waals surface area contributed by atoms with Gasteiger partial charge in [-0.05, 0) is 25.6 Å². The predicted octanol–water partition coefficient (Wildman–Crippen LogP) is 3.79. The molecule has 2 aromatic rings. The molecule has 0 unspecified atom stereocenters. The molecule has 0 aliphatic heterocycles. The van der Waals surface area contributed by atoms with Gasteiger partial charge in [-0.25, -0.2) is 4.68 Å². The van der Waals surface area contributed by atoms with E-state index < -0.39 is 0 Å². The Kier molecular flexibility index (Phi) is 5.26. The van der Waals surface area contributed by atoms with E-state index in [9.17, 15) is 0 Å². The van der Waals surface area contributed by atoms with Gasteiger partial charge in [-0.3, -0.25) is 0 Å². The summed E-state index contributed by atoms with van der Waals surface area (Å²) in [6.07, 6.45) is 0. The summed E-state index contributed by atoms with van der Waals surface area (Å²) < 4.78 is 2.08. The molecule has 1 aromatic heterocycles. The maximum Gasteiger partial charge on any atom is 0.105 e. The Morgan fingerprint density at radius 3 is 2.55 bits per heavy atom. The average Bonchev–Trinajstić information content (AvgIpc) is 2.73. The number of hydrogen-bond donors (Lipinski definition) is 1. The lowest BCUT2D eigenvalue weighted by atomic mass is 10.2. The lowest BCUT2D eigenvalue weighted by molar-refractivity contribution is 0.707. The third-order valence-electron chi connectivity index (χ3n) is 3.04. The predicted molar refractivity (Wildman–Crippen MR) is 86.7 cm³/mol. The van der Waals surface area contributed by atoms with Crippen LogP contribution in [0.1, 0.15) is 32.0 Å². The first-order valence-corrected chi connectivity index (χ1v) is 8.02. The van der Waals surface area contributed by atoms with Crippen molar-refractivity contribution in [1.82, 2.24) is 15.1 Å². The monoisotopic (exact) mass is 289 g/mol. The Labute approximate surface area is 125 Å². The third kappa shape index (κ3) is 3.44. The van der Waals surface area contributed by atoms with Crippen molar-refractivity contribution in [2.45, 2.75) is 44.5 Å². The van der Waals surface area contributed by atoms with Crippen molar-refractivity contribution in [3.63, 3.8) is 0 Å². The fourth-order valence-electron chi connectivity index (χ4n) is 2.08. The number of hydrogen-bond acceptors (Lipinski definition) is 3. The van der Waals surface area contributed by atoms with Crippen LogP contribution >= 0.6 is 11.8 Å². The van der Waals surface area contributed by atoms with Gasteiger partial charge in [-0.15, -0.1) is 11.8 Å². The highest BCUT2D eigenvalue weighted by atomic mass is 32.2. The van der Waals surface area contributed by atoms with Crippen molar-refractivity contribution in [1.29, 1.82) is 0 Å². The third-order valence-corrected chi connectivity index (χ3v) is 4.15. The summed E-state index contributed by atoms with van der Waals surface area (Å²) in [6.45, 7) is 10.5. The van der Waals surface area contributed by atoms with Crippen molar-refractivity contribution in [2.75, 3.05) is 6.54 Å². The Balaban J connectivity index is 2.45. The van der Waals surface area contributed by atoms with Crippen LogP contribution in [0.2, 0.25) is 0 Å². The number of nitrogens with zero attached hydrogens (tertiary/aromatic N) is 2. The molecule has 3 nitrogen and oxygen atoms in total. The number of rotatable bonds is 6. The zero-order chi connectivity index (χ0) is 14.5. The van der Waals surface area contributed by atoms with Crippen LogP contribution in [0.3, 0.4) is 0 Å². The summed E-state index contributed by atoms with van der Waals surface area (Å²) in [5.41, 5.74) is 3.55. The molecule has 1 heterocycles. The molecule has 0 spiro atoms. The molecular formula is C16H23N3S. The Morgan fingerprint density at radius 1 is 1.25 bits per heavy atom. The molecule has 20 heavy (non-hydrogen) atoms. The van der Waals surface area contributed by atoms with Crippen LogP contribution in [0.25, 0.3) is 5.69 Å². The summed E-state index contributed by atoms with van der Waals surface area (Å²) in [5.74, 6) is 0. The second-order valence-corrected chi connectivity index (χ2v) is 6.63. The summed E-state index contributed by atoms with van der Waals surface area (Å²) in [5, 5.41) is 9.95. The van der Waals surface area contributed by atoms with Crippen LogP contribution in [0.5, 0.6) is 0 Å². The van der Waals surface area contributed by atoms with Crippen LogP contribution in [-0.4, -0.2) is 21.6 Å². The number of nitrogens with one attached hydrogen (secondary N) is 1. The van der Waals surface area contributed by atoms with E-state index >= 15 is 0 Å². The number of para-hydroxylation sites is 1. The minimum absolute atomic E-state index is 0.536. The highest BCUT2D eigenvalue weighted by Crippen LogP contribution is 2.31. The zero-order valence-electron chi connectivity index (χ0n) is 12.7. The van der Waals surface area contributed by atoms with Gasteiger partial charge < -0.3 is 5.32 Å². The van der Waals surface area contributed by atoms with Gasteiger partial charge in [0.15, 0.2) is 0 Å². The first kappa shape index (κ1) is 15.1. The molecule has 1 N–H and O–H groups in total. The SMILES string of the molecule is CCNCc1c(C)nn(-c2ccccc2)c1SC(C)C. The van der Waals surface area contributed by atoms with E-state index in [0.29, 0.717) is 5.25 Å². The first-order chi connectivity index (χ1) is 9.63. The molecule has 2 rings (SSSR count). The van der Waals surface area contributed by atoms with Gasteiger partial charge in [0, 0.05) is 17.4 Å². The molecule has 108 valence electrons. The topological polar surface area (TPSA) is 29.9 Å². The molecule has 0 aliphatic carbocycles. The molecular weight excluding hydrogens is 266 g/mol. The molecule has 0 aliphatic rings. The van der Waals surface area contributed by atoms with Crippen molar-refractivity contribution in [3.8, 4) is 5.69 Å². The standard InChI is InChI=1S/C16H23N3S/c1-5-17-11-15-13(4)18-19(16(15)20-12(2)3)14-9-7-6-8-10-14/h6-10,12,17H,5,11H2,1-4H3. The van der Waals surface area contributed by atoms with Crippen LogP contribution in [0.15, 0.2) is 35.4 Å². The highest BCUT2D eigenvalue weighted by Gasteiger charge is 2.17. The molecule has 0 bridgehead atoms. The second kappa shape index (κ2) is 6.95. The first-order valence-electron chi connectivity index (χ1n) is 7.14. The van der Waals surface area contributed by atoms with Crippen molar-refractivity contribution in [3.05, 3.63) is 41.6 Å². The van der Waals surface area contributed by atoms with Gasteiger partial charge in [0.2, 0.25) is 0 Å². The summed E-state index contributed by atoms with van der Waals surface area (Å²) in [7, 11) is 0. The average molecular weight is 289 g/mol. The van der Waals surface area contributed by atoms with Crippen molar-refractivity contribution in [2.24, 2.45) is 0 Å². The lowest BCUT2D eigenvalue weighted by Crippen LogP contribution is -2.13. The van der Waals surface area contributed by atoms with Gasteiger partial charge in [-0.2, -0.15) is 5.10 Å². The Bertz CT molecular complexity index is 546. The molecule has 0 saturated carbocycles. The van der Waals surface area contributed by atoms with E-state index in [1.54, 1.807) is 0 Å². The van der Waals surface area contributed by atoms with Crippen molar-refractivity contribution >= 4 is 11.8 Å². The molecule has 4 heteroatoms. The smallest absolute Gasteiger partial charge is 0.105 e. The van der Waals surface area contributed by atoms with Crippen LogP contribution < -0.4 is 5.32 Å². The van der Waals surface area contributed by atoms with Crippen LogP contribution in [0.4, 0.5) is 0 Å². The van der Waals surface area contributed by atoms with E-state index in [1.165, 1.54) is 10.6 Å². The lowest BCUT2D eigenvalue weighted by Gasteiger charge is -2.11. The minimum atomic E-state index is 0.536. The highest BCUT2D eigenvalue weighted by molar-refractivity contribution is 7.99. The van der Waals surface area contributed by atoms with E-state index in [2.05, 4.69) is 62.0 Å². The quantitative estimate of drug-likeness (QED) is 0.821. The molecule has 0 amide bonds.